The molecule has 112 valence electrons. The van der Waals surface area contributed by atoms with Crippen molar-refractivity contribution in [3.8, 4) is 0 Å². The highest BCUT2D eigenvalue weighted by atomic mass is 32.1. The molecule has 0 spiro atoms. The van der Waals surface area contributed by atoms with Gasteiger partial charge in [-0.25, -0.2) is 0 Å². The van der Waals surface area contributed by atoms with Crippen LogP contribution in [0.3, 0.4) is 0 Å². The highest BCUT2D eigenvalue weighted by Crippen LogP contribution is 2.40. The van der Waals surface area contributed by atoms with E-state index >= 15 is 0 Å². The maximum Gasteiger partial charge on any atom is 0.260 e. The fourth-order valence-corrected chi connectivity index (χ4v) is 3.19. The van der Waals surface area contributed by atoms with E-state index in [1.54, 1.807) is 6.20 Å². The molecule has 1 atom stereocenters. The smallest absolute Gasteiger partial charge is 0.260 e. The number of carbonyl (C=O) groups is 1. The largest absolute Gasteiger partial charge is 0.296 e. The van der Waals surface area contributed by atoms with Gasteiger partial charge in [0.1, 0.15) is 5.01 Å². The molecular formula is C14H19N5OS. The van der Waals surface area contributed by atoms with E-state index in [1.807, 2.05) is 0 Å². The Kier molecular flexibility index (Phi) is 4.01. The van der Waals surface area contributed by atoms with Crippen molar-refractivity contribution in [1.82, 2.24) is 20.4 Å². The first-order valence-corrected chi connectivity index (χ1v) is 8.18. The zero-order valence-electron chi connectivity index (χ0n) is 12.2. The number of carbonyl (C=O) groups excluding carboxylic acids is 1. The monoisotopic (exact) mass is 305 g/mol. The number of rotatable bonds is 6. The van der Waals surface area contributed by atoms with Crippen molar-refractivity contribution in [3.63, 3.8) is 0 Å². The van der Waals surface area contributed by atoms with Crippen LogP contribution in [-0.2, 0) is 0 Å². The molecule has 0 radical (unpaired) electrons. The van der Waals surface area contributed by atoms with Crippen LogP contribution in [0.4, 0.5) is 5.13 Å². The van der Waals surface area contributed by atoms with E-state index in [0.717, 1.165) is 36.4 Å². The van der Waals surface area contributed by atoms with E-state index in [2.05, 4.69) is 39.6 Å². The third-order valence-corrected chi connectivity index (χ3v) is 4.77. The minimum Gasteiger partial charge on any atom is -0.296 e. The van der Waals surface area contributed by atoms with Crippen molar-refractivity contribution in [1.29, 1.82) is 0 Å². The van der Waals surface area contributed by atoms with Crippen molar-refractivity contribution in [3.05, 3.63) is 22.5 Å². The highest BCUT2D eigenvalue weighted by Gasteiger charge is 2.30. The molecule has 1 fully saturated rings. The molecule has 2 N–H and O–H groups in total. The number of nitrogens with zero attached hydrogens (tertiary/aromatic N) is 3. The van der Waals surface area contributed by atoms with Gasteiger partial charge in [-0.1, -0.05) is 31.6 Å². The van der Waals surface area contributed by atoms with Gasteiger partial charge < -0.3 is 0 Å². The molecule has 0 aliphatic heterocycles. The van der Waals surface area contributed by atoms with Gasteiger partial charge in [-0.15, -0.1) is 10.2 Å². The van der Waals surface area contributed by atoms with Crippen LogP contribution in [-0.4, -0.2) is 26.3 Å². The fraction of sp³-hybridized carbons (Fsp3) is 0.571. The fourth-order valence-electron chi connectivity index (χ4n) is 2.37. The lowest BCUT2D eigenvalue weighted by molar-refractivity contribution is 0.102. The molecule has 7 heteroatoms. The van der Waals surface area contributed by atoms with Crippen molar-refractivity contribution in [2.75, 3.05) is 5.32 Å². The van der Waals surface area contributed by atoms with E-state index in [-0.39, 0.29) is 5.91 Å². The van der Waals surface area contributed by atoms with Gasteiger partial charge in [-0.3, -0.25) is 15.2 Å². The molecule has 21 heavy (non-hydrogen) atoms. The number of amides is 1. The summed E-state index contributed by atoms with van der Waals surface area (Å²) in [7, 11) is 0. The van der Waals surface area contributed by atoms with E-state index < -0.39 is 0 Å². The van der Waals surface area contributed by atoms with Gasteiger partial charge in [0, 0.05) is 11.8 Å². The van der Waals surface area contributed by atoms with Crippen LogP contribution in [0.5, 0.6) is 0 Å². The Bertz CT molecular complexity index is 631. The van der Waals surface area contributed by atoms with Gasteiger partial charge in [0.05, 0.1) is 17.5 Å². The van der Waals surface area contributed by atoms with Crippen molar-refractivity contribution >= 4 is 22.4 Å². The van der Waals surface area contributed by atoms with Crippen LogP contribution in [0.1, 0.15) is 72.4 Å². The van der Waals surface area contributed by atoms with Crippen LogP contribution < -0.4 is 5.32 Å². The summed E-state index contributed by atoms with van der Waals surface area (Å²) < 4.78 is 0. The molecule has 0 aromatic carbocycles. The molecule has 0 saturated heterocycles. The number of hydrogen-bond donors (Lipinski definition) is 2. The van der Waals surface area contributed by atoms with Gasteiger partial charge in [-0.05, 0) is 19.3 Å². The third-order valence-electron chi connectivity index (χ3n) is 3.70. The summed E-state index contributed by atoms with van der Waals surface area (Å²) in [5.41, 5.74) is 1.56. The summed E-state index contributed by atoms with van der Waals surface area (Å²) in [5, 5.41) is 19.5. The van der Waals surface area contributed by atoms with Crippen LogP contribution in [0.25, 0.3) is 0 Å². The van der Waals surface area contributed by atoms with Gasteiger partial charge in [0.2, 0.25) is 5.13 Å². The zero-order chi connectivity index (χ0) is 14.8. The first kappa shape index (κ1) is 14.2. The molecule has 1 amide bonds. The number of H-pyrrole nitrogens is 1. The summed E-state index contributed by atoms with van der Waals surface area (Å²) in [6.45, 7) is 4.29. The summed E-state index contributed by atoms with van der Waals surface area (Å²) in [5.74, 6) is 0.688. The molecule has 2 aromatic rings. The molecule has 6 nitrogen and oxygen atoms in total. The van der Waals surface area contributed by atoms with Crippen LogP contribution in [0.2, 0.25) is 0 Å². The lowest BCUT2D eigenvalue weighted by Gasteiger charge is -2.03. The average molecular weight is 305 g/mol. The Morgan fingerprint density at radius 3 is 3.05 bits per heavy atom. The van der Waals surface area contributed by atoms with Crippen molar-refractivity contribution < 1.29 is 4.79 Å². The Morgan fingerprint density at radius 1 is 1.52 bits per heavy atom. The standard InChI is InChI=1S/C14H19N5OS/c1-3-4-8(2)13-18-19-14(21-13)16-12(20)10-7-15-17-11(10)9-5-6-9/h7-9H,3-6H2,1-2H3,(H,15,17)(H,16,19,20). The average Bonchev–Trinajstić information content (AvgIpc) is 3.01. The quantitative estimate of drug-likeness (QED) is 0.857. The predicted octanol–water partition coefficient (Wildman–Crippen LogP) is 3.29. The summed E-state index contributed by atoms with van der Waals surface area (Å²) in [6, 6.07) is 0. The Hall–Kier alpha value is -1.76. The van der Waals surface area contributed by atoms with Gasteiger partial charge >= 0.3 is 0 Å². The number of hydrogen-bond acceptors (Lipinski definition) is 5. The molecule has 1 unspecified atom stereocenters. The molecule has 0 bridgehead atoms. The number of nitrogens with one attached hydrogen (secondary N) is 2. The maximum absolute atomic E-state index is 12.3. The summed E-state index contributed by atoms with van der Waals surface area (Å²) >= 11 is 1.45. The van der Waals surface area contributed by atoms with Gasteiger partial charge in [0.15, 0.2) is 0 Å². The second kappa shape index (κ2) is 5.93. The summed E-state index contributed by atoms with van der Waals surface area (Å²) in [4.78, 5) is 12.3. The second-order valence-corrected chi connectivity index (χ2v) is 6.57. The van der Waals surface area contributed by atoms with Crippen LogP contribution >= 0.6 is 11.3 Å². The molecule has 1 aliphatic rings. The Labute approximate surface area is 127 Å². The number of aromatic amines is 1. The number of aromatic nitrogens is 4. The van der Waals surface area contributed by atoms with Gasteiger partial charge in [-0.2, -0.15) is 5.10 Å². The van der Waals surface area contributed by atoms with Crippen molar-refractivity contribution in [2.45, 2.75) is 51.4 Å². The van der Waals surface area contributed by atoms with Gasteiger partial charge in [0.25, 0.3) is 5.91 Å². The highest BCUT2D eigenvalue weighted by molar-refractivity contribution is 7.15. The Balaban J connectivity index is 1.68. The normalized spacial score (nSPS) is 15.9. The van der Waals surface area contributed by atoms with E-state index in [1.165, 1.54) is 11.3 Å². The molecule has 3 rings (SSSR count). The lowest BCUT2D eigenvalue weighted by atomic mass is 10.1. The third kappa shape index (κ3) is 3.12. The molecular weight excluding hydrogens is 286 g/mol. The SMILES string of the molecule is CCCC(C)c1nnc(NC(=O)c2cn[nH]c2C2CC2)s1. The second-order valence-electron chi connectivity index (χ2n) is 5.56. The van der Waals surface area contributed by atoms with E-state index in [4.69, 9.17) is 0 Å². The molecule has 1 saturated carbocycles. The lowest BCUT2D eigenvalue weighted by Crippen LogP contribution is -2.12. The first-order valence-electron chi connectivity index (χ1n) is 7.37. The molecule has 2 aromatic heterocycles. The van der Waals surface area contributed by atoms with Crippen LogP contribution in [0, 0.1) is 0 Å². The zero-order valence-corrected chi connectivity index (χ0v) is 13.0. The van der Waals surface area contributed by atoms with Crippen LogP contribution in [0.15, 0.2) is 6.20 Å². The van der Waals surface area contributed by atoms with E-state index in [0.29, 0.717) is 22.5 Å². The molecule has 2 heterocycles. The topological polar surface area (TPSA) is 83.6 Å². The van der Waals surface area contributed by atoms with Crippen molar-refractivity contribution in [2.24, 2.45) is 0 Å². The minimum atomic E-state index is -0.156. The summed E-state index contributed by atoms with van der Waals surface area (Å²) in [6.07, 6.45) is 6.03. The molecule has 1 aliphatic carbocycles. The first-order chi connectivity index (χ1) is 10.2. The minimum absolute atomic E-state index is 0.156. The maximum atomic E-state index is 12.3. The number of anilines is 1. The predicted molar refractivity (Wildman–Crippen MR) is 81.7 cm³/mol. The Morgan fingerprint density at radius 2 is 2.33 bits per heavy atom. The van der Waals surface area contributed by atoms with E-state index in [9.17, 15) is 4.79 Å².